The molecule has 0 aliphatic heterocycles. The van der Waals surface area contributed by atoms with Gasteiger partial charge in [0, 0.05) is 0 Å². The quantitative estimate of drug-likeness (QED) is 0.628. The smallest absolute Gasteiger partial charge is 0.310 e. The van der Waals surface area contributed by atoms with Crippen molar-refractivity contribution in [1.29, 1.82) is 0 Å². The van der Waals surface area contributed by atoms with Crippen molar-refractivity contribution in [3.63, 3.8) is 0 Å². The minimum atomic E-state index is -0.845. The van der Waals surface area contributed by atoms with Gasteiger partial charge in [0.2, 0.25) is 0 Å². The van der Waals surface area contributed by atoms with Crippen LogP contribution in [0.1, 0.15) is 20.8 Å². The summed E-state index contributed by atoms with van der Waals surface area (Å²) in [5.41, 5.74) is 0. The highest BCUT2D eigenvalue weighted by atomic mass is 16.4. The molecular formula is C9H16O3. The summed E-state index contributed by atoms with van der Waals surface area (Å²) in [5, 5.41) is 17.6. The number of aliphatic carboxylic acids is 1. The zero-order valence-corrected chi connectivity index (χ0v) is 7.69. The molecule has 12 heavy (non-hydrogen) atoms. The number of aliphatic hydroxyl groups excluding tert-OH is 1. The second kappa shape index (κ2) is 4.93. The predicted octanol–water partition coefficient (Wildman–Crippen LogP) is 1.28. The molecule has 0 spiro atoms. The molecule has 0 aromatic rings. The zero-order chi connectivity index (χ0) is 9.72. The van der Waals surface area contributed by atoms with E-state index in [1.54, 1.807) is 6.92 Å². The Morgan fingerprint density at radius 3 is 2.00 bits per heavy atom. The first kappa shape index (κ1) is 11.2. The van der Waals surface area contributed by atoms with Gasteiger partial charge in [-0.3, -0.25) is 4.79 Å². The van der Waals surface area contributed by atoms with Crippen LogP contribution in [0.3, 0.4) is 0 Å². The molecule has 0 saturated heterocycles. The van der Waals surface area contributed by atoms with Crippen molar-refractivity contribution < 1.29 is 15.0 Å². The van der Waals surface area contributed by atoms with Gasteiger partial charge in [-0.2, -0.15) is 0 Å². The van der Waals surface area contributed by atoms with Gasteiger partial charge in [-0.1, -0.05) is 26.0 Å². The lowest BCUT2D eigenvalue weighted by Crippen LogP contribution is -2.17. The lowest BCUT2D eigenvalue weighted by molar-refractivity contribution is -0.141. The highest BCUT2D eigenvalue weighted by molar-refractivity contribution is 5.72. The van der Waals surface area contributed by atoms with Crippen LogP contribution in [0, 0.1) is 11.8 Å². The first-order valence-corrected chi connectivity index (χ1v) is 4.04. The third kappa shape index (κ3) is 4.13. The number of hydrogen-bond acceptors (Lipinski definition) is 2. The molecule has 0 aliphatic rings. The fourth-order valence-corrected chi connectivity index (χ4v) is 0.870. The SMILES string of the molecule is CC(O)/C=C/C(C(=O)O)C(C)C. The Morgan fingerprint density at radius 1 is 1.25 bits per heavy atom. The summed E-state index contributed by atoms with van der Waals surface area (Å²) in [6.07, 6.45) is 2.46. The molecule has 0 fully saturated rings. The second-order valence-corrected chi connectivity index (χ2v) is 3.23. The molecule has 0 amide bonds. The Bertz CT molecular complexity index is 171. The highest BCUT2D eigenvalue weighted by Gasteiger charge is 2.17. The number of carboxylic acids is 1. The first-order valence-electron chi connectivity index (χ1n) is 4.04. The van der Waals surface area contributed by atoms with E-state index in [1.165, 1.54) is 12.2 Å². The summed E-state index contributed by atoms with van der Waals surface area (Å²) in [5.74, 6) is -1.29. The Morgan fingerprint density at radius 2 is 1.75 bits per heavy atom. The Hall–Kier alpha value is -0.830. The van der Waals surface area contributed by atoms with E-state index in [0.29, 0.717) is 0 Å². The van der Waals surface area contributed by atoms with E-state index in [9.17, 15) is 4.79 Å². The van der Waals surface area contributed by atoms with E-state index in [0.717, 1.165) is 0 Å². The minimum Gasteiger partial charge on any atom is -0.481 e. The van der Waals surface area contributed by atoms with Gasteiger partial charge >= 0.3 is 5.97 Å². The van der Waals surface area contributed by atoms with Gasteiger partial charge < -0.3 is 10.2 Å². The molecule has 0 aromatic heterocycles. The maximum absolute atomic E-state index is 10.6. The fourth-order valence-electron chi connectivity index (χ4n) is 0.870. The van der Waals surface area contributed by atoms with Crippen LogP contribution in [0.5, 0.6) is 0 Å². The average molecular weight is 172 g/mol. The third-order valence-electron chi connectivity index (χ3n) is 1.60. The average Bonchev–Trinajstić information content (AvgIpc) is 1.84. The van der Waals surface area contributed by atoms with E-state index in [-0.39, 0.29) is 5.92 Å². The minimum absolute atomic E-state index is 0.0532. The van der Waals surface area contributed by atoms with Gasteiger partial charge in [-0.05, 0) is 12.8 Å². The van der Waals surface area contributed by atoms with Crippen LogP contribution in [0.2, 0.25) is 0 Å². The number of carboxylic acid groups (broad SMARTS) is 1. The van der Waals surface area contributed by atoms with Crippen LogP contribution in [0.4, 0.5) is 0 Å². The molecule has 3 nitrogen and oxygen atoms in total. The molecule has 0 bridgehead atoms. The monoisotopic (exact) mass is 172 g/mol. The molecule has 0 aliphatic carbocycles. The second-order valence-electron chi connectivity index (χ2n) is 3.23. The van der Waals surface area contributed by atoms with Crippen molar-refractivity contribution in [2.45, 2.75) is 26.9 Å². The summed E-state index contributed by atoms with van der Waals surface area (Å²) in [6, 6.07) is 0. The highest BCUT2D eigenvalue weighted by Crippen LogP contribution is 2.12. The van der Waals surface area contributed by atoms with Crippen LogP contribution in [-0.4, -0.2) is 22.3 Å². The Balaban J connectivity index is 4.24. The normalized spacial score (nSPS) is 16.8. The van der Waals surface area contributed by atoms with Gasteiger partial charge in [0.1, 0.15) is 0 Å². The number of hydrogen-bond donors (Lipinski definition) is 2. The van der Waals surface area contributed by atoms with E-state index in [1.807, 2.05) is 13.8 Å². The number of carbonyl (C=O) groups is 1. The van der Waals surface area contributed by atoms with Crippen LogP contribution in [0.25, 0.3) is 0 Å². The van der Waals surface area contributed by atoms with Crippen LogP contribution in [0.15, 0.2) is 12.2 Å². The van der Waals surface area contributed by atoms with Gasteiger partial charge in [0.25, 0.3) is 0 Å². The summed E-state index contributed by atoms with van der Waals surface area (Å²) < 4.78 is 0. The van der Waals surface area contributed by atoms with E-state index in [2.05, 4.69) is 0 Å². The summed E-state index contributed by atoms with van der Waals surface area (Å²) in [6.45, 7) is 5.27. The molecule has 70 valence electrons. The molecule has 0 heterocycles. The van der Waals surface area contributed by atoms with Crippen LogP contribution >= 0.6 is 0 Å². The maximum atomic E-state index is 10.6. The number of aliphatic hydroxyl groups is 1. The molecule has 0 saturated carbocycles. The van der Waals surface area contributed by atoms with Crippen LogP contribution in [-0.2, 0) is 4.79 Å². The van der Waals surface area contributed by atoms with Gasteiger partial charge in [0.05, 0.1) is 12.0 Å². The molecule has 3 heteroatoms. The lowest BCUT2D eigenvalue weighted by atomic mass is 9.95. The Labute approximate surface area is 72.7 Å². The van der Waals surface area contributed by atoms with Crippen LogP contribution < -0.4 is 0 Å². The molecule has 2 N–H and O–H groups in total. The molecular weight excluding hydrogens is 156 g/mol. The predicted molar refractivity (Wildman–Crippen MR) is 46.8 cm³/mol. The molecule has 2 atom stereocenters. The molecule has 0 radical (unpaired) electrons. The summed E-state index contributed by atoms with van der Waals surface area (Å²) in [7, 11) is 0. The maximum Gasteiger partial charge on any atom is 0.310 e. The standard InChI is InChI=1S/C9H16O3/c1-6(2)8(9(11)12)5-4-7(3)10/h4-8,10H,1-3H3,(H,11,12)/b5-4+. The molecule has 2 unspecified atom stereocenters. The molecule has 0 aromatic carbocycles. The molecule has 0 rings (SSSR count). The third-order valence-corrected chi connectivity index (χ3v) is 1.60. The van der Waals surface area contributed by atoms with Gasteiger partial charge in [-0.15, -0.1) is 0 Å². The van der Waals surface area contributed by atoms with Crippen molar-refractivity contribution >= 4 is 5.97 Å². The van der Waals surface area contributed by atoms with Crippen molar-refractivity contribution in [3.8, 4) is 0 Å². The van der Waals surface area contributed by atoms with Gasteiger partial charge in [0.15, 0.2) is 0 Å². The Kier molecular flexibility index (Phi) is 4.59. The first-order chi connectivity index (χ1) is 5.45. The van der Waals surface area contributed by atoms with E-state index >= 15 is 0 Å². The zero-order valence-electron chi connectivity index (χ0n) is 7.69. The summed E-state index contributed by atoms with van der Waals surface area (Å²) >= 11 is 0. The number of rotatable bonds is 4. The van der Waals surface area contributed by atoms with Crippen molar-refractivity contribution in [1.82, 2.24) is 0 Å². The summed E-state index contributed by atoms with van der Waals surface area (Å²) in [4.78, 5) is 10.6. The lowest BCUT2D eigenvalue weighted by Gasteiger charge is -2.11. The van der Waals surface area contributed by atoms with E-state index < -0.39 is 18.0 Å². The topological polar surface area (TPSA) is 57.5 Å². The van der Waals surface area contributed by atoms with E-state index in [4.69, 9.17) is 10.2 Å². The van der Waals surface area contributed by atoms with Gasteiger partial charge in [-0.25, -0.2) is 0 Å². The van der Waals surface area contributed by atoms with Crippen molar-refractivity contribution in [2.75, 3.05) is 0 Å². The van der Waals surface area contributed by atoms with Crippen molar-refractivity contribution in [2.24, 2.45) is 11.8 Å². The van der Waals surface area contributed by atoms with Crippen molar-refractivity contribution in [3.05, 3.63) is 12.2 Å². The largest absolute Gasteiger partial charge is 0.481 e. The fraction of sp³-hybridized carbons (Fsp3) is 0.667.